The van der Waals surface area contributed by atoms with E-state index < -0.39 is 0 Å². The molecule has 0 amide bonds. The molecule has 0 spiro atoms. The van der Waals surface area contributed by atoms with Gasteiger partial charge in [-0.25, -0.2) is 0 Å². The summed E-state index contributed by atoms with van der Waals surface area (Å²) in [5, 5.41) is 4.47. The lowest BCUT2D eigenvalue weighted by molar-refractivity contribution is 0.668. The zero-order valence-corrected chi connectivity index (χ0v) is 34.3. The van der Waals surface area contributed by atoms with Crippen LogP contribution in [0.1, 0.15) is 0 Å². The molecule has 12 rings (SSSR count). The Kier molecular flexibility index (Phi) is 8.83. The minimum absolute atomic E-state index is 0.886. The molecule has 10 aromatic carbocycles. The molecule has 63 heavy (non-hydrogen) atoms. The van der Waals surface area contributed by atoms with Gasteiger partial charge in [-0.1, -0.05) is 158 Å². The van der Waals surface area contributed by atoms with Crippen molar-refractivity contribution in [1.82, 2.24) is 0 Å². The van der Waals surface area contributed by atoms with Crippen LogP contribution in [-0.4, -0.2) is 0 Å². The first-order valence-electron chi connectivity index (χ1n) is 21.4. The molecule has 2 heterocycles. The summed E-state index contributed by atoms with van der Waals surface area (Å²) in [6.07, 6.45) is 0. The summed E-state index contributed by atoms with van der Waals surface area (Å²) in [6, 6.07) is 84.3. The van der Waals surface area contributed by atoms with Crippen LogP contribution in [0.3, 0.4) is 0 Å². The zero-order valence-electron chi connectivity index (χ0n) is 34.3. The molecule has 0 unspecified atom stereocenters. The number of para-hydroxylation sites is 3. The Bertz CT molecular complexity index is 3600. The summed E-state index contributed by atoms with van der Waals surface area (Å²) >= 11 is 0. The van der Waals surface area contributed by atoms with Crippen LogP contribution in [-0.2, 0) is 0 Å². The first-order valence-corrected chi connectivity index (χ1v) is 21.4. The summed E-state index contributed by atoms with van der Waals surface area (Å²) in [7, 11) is 0. The molecule has 0 saturated heterocycles. The minimum atomic E-state index is 0.886. The van der Waals surface area contributed by atoms with Gasteiger partial charge in [0.1, 0.15) is 22.3 Å². The van der Waals surface area contributed by atoms with Crippen LogP contribution in [0.5, 0.6) is 0 Å². The zero-order chi connectivity index (χ0) is 41.7. The minimum Gasteiger partial charge on any atom is -0.456 e. The third kappa shape index (κ3) is 6.64. The van der Waals surface area contributed by atoms with Crippen LogP contribution >= 0.6 is 0 Å². The van der Waals surface area contributed by atoms with Crippen molar-refractivity contribution >= 4 is 60.9 Å². The first kappa shape index (κ1) is 36.5. The van der Waals surface area contributed by atoms with Crippen LogP contribution in [0.15, 0.2) is 245 Å². The second-order valence-electron chi connectivity index (χ2n) is 16.1. The van der Waals surface area contributed by atoms with E-state index in [0.717, 1.165) is 105 Å². The van der Waals surface area contributed by atoms with E-state index in [1.165, 1.54) is 11.1 Å². The van der Waals surface area contributed by atoms with Gasteiger partial charge < -0.3 is 13.7 Å². The van der Waals surface area contributed by atoms with Crippen molar-refractivity contribution in [2.75, 3.05) is 4.90 Å². The topological polar surface area (TPSA) is 29.5 Å². The second kappa shape index (κ2) is 15.3. The van der Waals surface area contributed by atoms with E-state index >= 15 is 0 Å². The van der Waals surface area contributed by atoms with Crippen molar-refractivity contribution in [1.29, 1.82) is 0 Å². The van der Waals surface area contributed by atoms with Crippen LogP contribution < -0.4 is 4.90 Å². The van der Waals surface area contributed by atoms with Gasteiger partial charge in [0.15, 0.2) is 0 Å². The maximum absolute atomic E-state index is 6.26. The van der Waals surface area contributed by atoms with Crippen molar-refractivity contribution in [2.45, 2.75) is 0 Å². The molecule has 0 aliphatic carbocycles. The van der Waals surface area contributed by atoms with Gasteiger partial charge in [0, 0.05) is 38.6 Å². The molecule has 0 bridgehead atoms. The normalized spacial score (nSPS) is 11.5. The summed E-state index contributed by atoms with van der Waals surface area (Å²) in [6.45, 7) is 0. The number of hydrogen-bond acceptors (Lipinski definition) is 3. The maximum atomic E-state index is 6.26. The highest BCUT2D eigenvalue weighted by Gasteiger charge is 2.17. The van der Waals surface area contributed by atoms with Crippen molar-refractivity contribution in [2.24, 2.45) is 0 Å². The highest BCUT2D eigenvalue weighted by molar-refractivity contribution is 6.08. The monoisotopic (exact) mass is 805 g/mol. The molecule has 0 aliphatic rings. The lowest BCUT2D eigenvalue weighted by Gasteiger charge is -2.26. The predicted octanol–water partition coefficient (Wildman–Crippen LogP) is 17.3. The van der Waals surface area contributed by atoms with Gasteiger partial charge in [-0.3, -0.25) is 0 Å². The third-order valence-corrected chi connectivity index (χ3v) is 12.3. The van der Waals surface area contributed by atoms with Crippen LogP contribution in [0.4, 0.5) is 17.1 Å². The van der Waals surface area contributed by atoms with Gasteiger partial charge in [-0.2, -0.15) is 0 Å². The van der Waals surface area contributed by atoms with Crippen molar-refractivity contribution in [3.8, 4) is 55.6 Å². The first-order chi connectivity index (χ1) is 31.2. The number of anilines is 3. The molecule has 0 N–H and O–H groups in total. The highest BCUT2D eigenvalue weighted by Crippen LogP contribution is 2.42. The van der Waals surface area contributed by atoms with E-state index in [9.17, 15) is 0 Å². The molecular weight excluding hydrogens is 767 g/mol. The Morgan fingerprint density at radius 2 is 0.651 bits per heavy atom. The molecule has 2 aromatic heterocycles. The quantitative estimate of drug-likeness (QED) is 0.153. The highest BCUT2D eigenvalue weighted by atomic mass is 16.3. The van der Waals surface area contributed by atoms with Gasteiger partial charge >= 0.3 is 0 Å². The summed E-state index contributed by atoms with van der Waals surface area (Å²) in [5.74, 6) is 0. The van der Waals surface area contributed by atoms with Crippen LogP contribution in [0.25, 0.3) is 99.5 Å². The molecule has 296 valence electrons. The number of nitrogens with zero attached hydrogens (tertiary/aromatic N) is 1. The maximum Gasteiger partial charge on any atom is 0.135 e. The second-order valence-corrected chi connectivity index (χ2v) is 16.1. The van der Waals surface area contributed by atoms with Crippen LogP contribution in [0.2, 0.25) is 0 Å². The predicted molar refractivity (Wildman–Crippen MR) is 263 cm³/mol. The summed E-state index contributed by atoms with van der Waals surface area (Å²) in [5.41, 5.74) is 18.5. The Hall–Kier alpha value is -8.40. The van der Waals surface area contributed by atoms with Gasteiger partial charge in [0.25, 0.3) is 0 Å². The van der Waals surface area contributed by atoms with Gasteiger partial charge in [-0.15, -0.1) is 0 Å². The van der Waals surface area contributed by atoms with Gasteiger partial charge in [-0.05, 0) is 134 Å². The molecule has 3 nitrogen and oxygen atoms in total. The van der Waals surface area contributed by atoms with Crippen LogP contribution in [0, 0.1) is 0 Å². The van der Waals surface area contributed by atoms with E-state index in [4.69, 9.17) is 8.83 Å². The Labute approximate surface area is 365 Å². The number of hydrogen-bond donors (Lipinski definition) is 0. The average Bonchev–Trinajstić information content (AvgIpc) is 3.93. The van der Waals surface area contributed by atoms with E-state index in [2.05, 4.69) is 217 Å². The van der Waals surface area contributed by atoms with Gasteiger partial charge in [0.2, 0.25) is 0 Å². The fourth-order valence-corrected chi connectivity index (χ4v) is 9.14. The average molecular weight is 806 g/mol. The van der Waals surface area contributed by atoms with E-state index in [1.807, 2.05) is 24.3 Å². The third-order valence-electron chi connectivity index (χ3n) is 12.3. The van der Waals surface area contributed by atoms with E-state index in [-0.39, 0.29) is 0 Å². The molecule has 12 aromatic rings. The smallest absolute Gasteiger partial charge is 0.135 e. The number of rotatable bonds is 8. The van der Waals surface area contributed by atoms with Gasteiger partial charge in [0.05, 0.1) is 0 Å². The number of fused-ring (bicyclic) bond motifs is 6. The molecular formula is C60H39NO2. The molecule has 0 saturated carbocycles. The molecule has 0 atom stereocenters. The summed E-state index contributed by atoms with van der Waals surface area (Å²) in [4.78, 5) is 2.33. The summed E-state index contributed by atoms with van der Waals surface area (Å²) < 4.78 is 12.4. The largest absolute Gasteiger partial charge is 0.456 e. The van der Waals surface area contributed by atoms with Crippen molar-refractivity contribution < 1.29 is 8.83 Å². The lowest BCUT2D eigenvalue weighted by atomic mass is 9.89. The lowest BCUT2D eigenvalue weighted by Crippen LogP contribution is -2.09. The Morgan fingerprint density at radius 3 is 1.35 bits per heavy atom. The van der Waals surface area contributed by atoms with Crippen molar-refractivity contribution in [3.05, 3.63) is 237 Å². The fraction of sp³-hybridized carbons (Fsp3) is 0. The Balaban J connectivity index is 0.931. The van der Waals surface area contributed by atoms with Crippen molar-refractivity contribution in [3.63, 3.8) is 0 Å². The molecule has 0 fully saturated rings. The van der Waals surface area contributed by atoms with E-state index in [0.29, 0.717) is 0 Å². The standard InChI is InChI=1S/C60H39NO2/c1-3-12-40(13-4-1)41-26-31-49(32-27-41)61(48-15-5-2-6-16-48)50-17-11-14-44(36-50)42-22-24-43(25-23-42)51-33-28-45(46-29-34-59-55(38-46)52-18-7-9-20-57(52)62-59)37-54(51)47-30-35-60-56(39-47)53-19-8-10-21-58(53)63-60/h1-39H. The van der Waals surface area contributed by atoms with E-state index in [1.54, 1.807) is 0 Å². The SMILES string of the molecule is c1ccc(-c2ccc(N(c3ccccc3)c3cccc(-c4ccc(-c5ccc(-c6ccc7oc8ccccc8c7c6)cc5-c5ccc6oc7ccccc7c6c5)cc4)c3)cc2)cc1. The molecule has 3 heteroatoms. The fourth-order valence-electron chi connectivity index (χ4n) is 9.14. The Morgan fingerprint density at radius 1 is 0.222 bits per heavy atom. The number of benzene rings is 10. The number of furan rings is 2. The molecule has 0 aliphatic heterocycles. The molecule has 0 radical (unpaired) electrons.